The highest BCUT2D eigenvalue weighted by molar-refractivity contribution is 4.69. The Morgan fingerprint density at radius 1 is 1.05 bits per heavy atom. The smallest absolute Gasteiger partial charge is 0.0589 e. The van der Waals surface area contributed by atoms with Crippen molar-refractivity contribution < 1.29 is 4.74 Å². The molecule has 116 valence electrons. The molecule has 1 atom stereocenters. The number of ether oxygens (including phenoxy) is 1. The number of nitrogens with zero attached hydrogens (tertiary/aromatic N) is 1. The first kappa shape index (κ1) is 18.9. The summed E-state index contributed by atoms with van der Waals surface area (Å²) in [5, 5.41) is 3.48. The van der Waals surface area contributed by atoms with Gasteiger partial charge in [0.15, 0.2) is 0 Å². The number of nitrogens with one attached hydrogen (secondary N) is 1. The summed E-state index contributed by atoms with van der Waals surface area (Å²) in [7, 11) is 1.79. The molecule has 1 N–H and O–H groups in total. The van der Waals surface area contributed by atoms with E-state index in [9.17, 15) is 0 Å². The SMILES string of the molecule is CCNC(C)CCCCN(CCOC)C(CC)CC. The van der Waals surface area contributed by atoms with E-state index in [4.69, 9.17) is 4.74 Å². The quantitative estimate of drug-likeness (QED) is 0.521. The Morgan fingerprint density at radius 2 is 1.74 bits per heavy atom. The fraction of sp³-hybridized carbons (Fsp3) is 1.00. The molecule has 0 aromatic carbocycles. The van der Waals surface area contributed by atoms with Crippen molar-refractivity contribution in [1.29, 1.82) is 0 Å². The summed E-state index contributed by atoms with van der Waals surface area (Å²) in [4.78, 5) is 2.61. The van der Waals surface area contributed by atoms with Crippen LogP contribution in [0.4, 0.5) is 0 Å². The lowest BCUT2D eigenvalue weighted by Crippen LogP contribution is -2.37. The summed E-state index contributed by atoms with van der Waals surface area (Å²) in [6.45, 7) is 13.3. The molecule has 3 heteroatoms. The lowest BCUT2D eigenvalue weighted by molar-refractivity contribution is 0.113. The first-order valence-electron chi connectivity index (χ1n) is 8.15. The predicted molar refractivity (Wildman–Crippen MR) is 84.8 cm³/mol. The third-order valence-electron chi connectivity index (χ3n) is 3.93. The maximum Gasteiger partial charge on any atom is 0.0589 e. The Labute approximate surface area is 121 Å². The number of hydrogen-bond acceptors (Lipinski definition) is 3. The molecule has 0 aromatic heterocycles. The molecule has 0 heterocycles. The molecule has 0 aliphatic heterocycles. The van der Waals surface area contributed by atoms with Gasteiger partial charge in [0.2, 0.25) is 0 Å². The Balaban J connectivity index is 3.90. The molecule has 0 rings (SSSR count). The molecule has 0 saturated heterocycles. The van der Waals surface area contributed by atoms with Crippen molar-refractivity contribution in [2.75, 3.05) is 33.4 Å². The Hall–Kier alpha value is -0.120. The second kappa shape index (κ2) is 12.9. The van der Waals surface area contributed by atoms with E-state index < -0.39 is 0 Å². The van der Waals surface area contributed by atoms with Gasteiger partial charge in [-0.15, -0.1) is 0 Å². The normalized spacial score (nSPS) is 13.4. The van der Waals surface area contributed by atoms with E-state index in [1.165, 1.54) is 38.6 Å². The zero-order valence-electron chi connectivity index (χ0n) is 13.9. The highest BCUT2D eigenvalue weighted by Crippen LogP contribution is 2.11. The Morgan fingerprint density at radius 3 is 2.26 bits per heavy atom. The van der Waals surface area contributed by atoms with Gasteiger partial charge >= 0.3 is 0 Å². The van der Waals surface area contributed by atoms with E-state index in [1.54, 1.807) is 7.11 Å². The lowest BCUT2D eigenvalue weighted by atomic mass is 10.1. The first-order valence-corrected chi connectivity index (χ1v) is 8.15. The molecule has 19 heavy (non-hydrogen) atoms. The van der Waals surface area contributed by atoms with Gasteiger partial charge in [-0.25, -0.2) is 0 Å². The third-order valence-corrected chi connectivity index (χ3v) is 3.93. The molecule has 0 aliphatic rings. The predicted octanol–water partition coefficient (Wildman–Crippen LogP) is 3.29. The minimum atomic E-state index is 0.658. The van der Waals surface area contributed by atoms with Crippen LogP contribution < -0.4 is 5.32 Å². The molecule has 0 saturated carbocycles. The molecule has 1 unspecified atom stereocenters. The first-order chi connectivity index (χ1) is 9.19. The van der Waals surface area contributed by atoms with Gasteiger partial charge in [-0.2, -0.15) is 0 Å². The second-order valence-corrected chi connectivity index (χ2v) is 5.45. The van der Waals surface area contributed by atoms with E-state index in [0.717, 1.165) is 25.7 Å². The number of rotatable bonds is 13. The Bertz CT molecular complexity index is 184. The van der Waals surface area contributed by atoms with Crippen molar-refractivity contribution in [2.45, 2.75) is 71.9 Å². The van der Waals surface area contributed by atoms with Crippen LogP contribution in [0.2, 0.25) is 0 Å². The summed E-state index contributed by atoms with van der Waals surface area (Å²) >= 11 is 0. The molecule has 0 radical (unpaired) electrons. The maximum atomic E-state index is 5.24. The van der Waals surface area contributed by atoms with Crippen LogP contribution >= 0.6 is 0 Å². The van der Waals surface area contributed by atoms with Gasteiger partial charge in [0.25, 0.3) is 0 Å². The standard InChI is InChI=1S/C16H36N2O/c1-6-16(7-2)18(13-14-19-5)12-10-9-11-15(4)17-8-3/h15-17H,6-14H2,1-5H3. The Kier molecular flexibility index (Phi) is 12.8. The zero-order chi connectivity index (χ0) is 14.5. The van der Waals surface area contributed by atoms with Crippen molar-refractivity contribution in [3.63, 3.8) is 0 Å². The van der Waals surface area contributed by atoms with E-state index in [1.807, 2.05) is 0 Å². The second-order valence-electron chi connectivity index (χ2n) is 5.45. The summed E-state index contributed by atoms with van der Waals surface area (Å²) in [5.41, 5.74) is 0. The van der Waals surface area contributed by atoms with Gasteiger partial charge < -0.3 is 10.1 Å². The van der Waals surface area contributed by atoms with Crippen LogP contribution in [-0.4, -0.2) is 50.3 Å². The molecule has 0 aromatic rings. The average Bonchev–Trinajstić information content (AvgIpc) is 2.41. The maximum absolute atomic E-state index is 5.24. The topological polar surface area (TPSA) is 24.5 Å². The van der Waals surface area contributed by atoms with Gasteiger partial charge in [0, 0.05) is 25.7 Å². The van der Waals surface area contributed by atoms with Gasteiger partial charge in [-0.05, 0) is 45.7 Å². The van der Waals surface area contributed by atoms with E-state index in [-0.39, 0.29) is 0 Å². The van der Waals surface area contributed by atoms with E-state index >= 15 is 0 Å². The van der Waals surface area contributed by atoms with Gasteiger partial charge in [0.1, 0.15) is 0 Å². The minimum absolute atomic E-state index is 0.658. The highest BCUT2D eigenvalue weighted by Gasteiger charge is 2.14. The van der Waals surface area contributed by atoms with Crippen molar-refractivity contribution in [3.05, 3.63) is 0 Å². The summed E-state index contributed by atoms with van der Waals surface area (Å²) in [5.74, 6) is 0. The van der Waals surface area contributed by atoms with Gasteiger partial charge in [-0.1, -0.05) is 27.2 Å². The molecule has 0 aliphatic carbocycles. The number of unbranched alkanes of at least 4 members (excludes halogenated alkanes) is 1. The van der Waals surface area contributed by atoms with Crippen molar-refractivity contribution in [3.8, 4) is 0 Å². The molecular weight excluding hydrogens is 236 g/mol. The molecule has 3 nitrogen and oxygen atoms in total. The van der Waals surface area contributed by atoms with Crippen LogP contribution in [0.5, 0.6) is 0 Å². The van der Waals surface area contributed by atoms with Crippen molar-refractivity contribution >= 4 is 0 Å². The van der Waals surface area contributed by atoms with Crippen LogP contribution in [0.3, 0.4) is 0 Å². The van der Waals surface area contributed by atoms with Crippen molar-refractivity contribution in [1.82, 2.24) is 10.2 Å². The number of hydrogen-bond donors (Lipinski definition) is 1. The fourth-order valence-electron chi connectivity index (χ4n) is 2.71. The largest absolute Gasteiger partial charge is 0.383 e. The van der Waals surface area contributed by atoms with Crippen LogP contribution in [-0.2, 0) is 4.74 Å². The summed E-state index contributed by atoms with van der Waals surface area (Å²) in [6.07, 6.45) is 6.39. The monoisotopic (exact) mass is 272 g/mol. The van der Waals surface area contributed by atoms with Gasteiger partial charge in [-0.3, -0.25) is 4.90 Å². The summed E-state index contributed by atoms with van der Waals surface area (Å²) < 4.78 is 5.24. The highest BCUT2D eigenvalue weighted by atomic mass is 16.5. The molecule has 0 spiro atoms. The van der Waals surface area contributed by atoms with E-state index in [2.05, 4.69) is 37.9 Å². The molecule has 0 fully saturated rings. The van der Waals surface area contributed by atoms with E-state index in [0.29, 0.717) is 6.04 Å². The molecule has 0 bridgehead atoms. The van der Waals surface area contributed by atoms with Crippen LogP contribution in [0.1, 0.15) is 59.8 Å². The number of methoxy groups -OCH3 is 1. The summed E-state index contributed by atoms with van der Waals surface area (Å²) in [6, 6.07) is 1.38. The third kappa shape index (κ3) is 9.42. The average molecular weight is 272 g/mol. The van der Waals surface area contributed by atoms with Crippen LogP contribution in [0, 0.1) is 0 Å². The molecule has 0 amide bonds. The lowest BCUT2D eigenvalue weighted by Gasteiger charge is -2.30. The molecular formula is C16H36N2O. The minimum Gasteiger partial charge on any atom is -0.383 e. The van der Waals surface area contributed by atoms with Crippen LogP contribution in [0.15, 0.2) is 0 Å². The fourth-order valence-corrected chi connectivity index (χ4v) is 2.71. The van der Waals surface area contributed by atoms with Crippen molar-refractivity contribution in [2.24, 2.45) is 0 Å². The van der Waals surface area contributed by atoms with Crippen LogP contribution in [0.25, 0.3) is 0 Å². The zero-order valence-corrected chi connectivity index (χ0v) is 13.9. The van der Waals surface area contributed by atoms with Gasteiger partial charge in [0.05, 0.1) is 6.61 Å².